The molecule has 2 unspecified atom stereocenters. The van der Waals surface area contributed by atoms with E-state index in [1.807, 2.05) is 0 Å². The normalized spacial score (nSPS) is 24.4. The number of nitrogens with one attached hydrogen (secondary N) is 1. The predicted molar refractivity (Wildman–Crippen MR) is 73.9 cm³/mol. The van der Waals surface area contributed by atoms with Crippen LogP contribution < -0.4 is 5.32 Å². The quantitative estimate of drug-likeness (QED) is 0.764. The molecule has 2 N–H and O–H groups in total. The zero-order chi connectivity index (χ0) is 14.4. The number of rotatable bonds is 6. The first-order chi connectivity index (χ1) is 8.90. The summed E-state index contributed by atoms with van der Waals surface area (Å²) in [4.78, 5) is 24.8. The highest BCUT2D eigenvalue weighted by atomic mass is 16.4. The van der Waals surface area contributed by atoms with Gasteiger partial charge in [0, 0.05) is 6.54 Å². The fourth-order valence-electron chi connectivity index (χ4n) is 2.38. The summed E-state index contributed by atoms with van der Waals surface area (Å²) < 4.78 is 0. The summed E-state index contributed by atoms with van der Waals surface area (Å²) in [5.74, 6) is 0.0900. The number of hydrogen-bond acceptors (Lipinski definition) is 3. The molecule has 2 atom stereocenters. The van der Waals surface area contributed by atoms with E-state index in [4.69, 9.17) is 0 Å². The molecule has 1 heterocycles. The minimum absolute atomic E-state index is 0.0681. The lowest BCUT2D eigenvalue weighted by molar-refractivity contribution is -0.146. The summed E-state index contributed by atoms with van der Waals surface area (Å²) in [5, 5.41) is 12.1. The van der Waals surface area contributed by atoms with Gasteiger partial charge >= 0.3 is 5.97 Å². The molecule has 0 bridgehead atoms. The molecule has 5 heteroatoms. The molecule has 19 heavy (non-hydrogen) atoms. The molecule has 1 aliphatic heterocycles. The molecule has 1 rings (SSSR count). The number of hydrogen-bond donors (Lipinski definition) is 2. The molecule has 0 aromatic rings. The number of carboxylic acids is 1. The van der Waals surface area contributed by atoms with Gasteiger partial charge in [0.05, 0.1) is 6.54 Å². The molecule has 1 saturated heterocycles. The number of likely N-dealkylation sites (tertiary alicyclic amines) is 1. The van der Waals surface area contributed by atoms with Gasteiger partial charge in [0.1, 0.15) is 6.04 Å². The van der Waals surface area contributed by atoms with Crippen LogP contribution in [0.2, 0.25) is 0 Å². The molecule has 0 aromatic heterocycles. The lowest BCUT2D eigenvalue weighted by Gasteiger charge is -2.35. The molecule has 0 aliphatic carbocycles. The molecule has 1 amide bonds. The molecule has 0 radical (unpaired) electrons. The van der Waals surface area contributed by atoms with E-state index in [1.54, 1.807) is 4.90 Å². The van der Waals surface area contributed by atoms with Crippen LogP contribution in [0, 0.1) is 11.8 Å². The lowest BCUT2D eigenvalue weighted by Crippen LogP contribution is -2.50. The van der Waals surface area contributed by atoms with Crippen molar-refractivity contribution in [2.45, 2.75) is 46.1 Å². The summed E-state index contributed by atoms with van der Waals surface area (Å²) in [5.41, 5.74) is 0. The van der Waals surface area contributed by atoms with E-state index in [9.17, 15) is 14.7 Å². The second-order valence-corrected chi connectivity index (χ2v) is 5.99. The summed E-state index contributed by atoms with van der Waals surface area (Å²) in [6.45, 7) is 7.84. The number of aliphatic carboxylic acids is 1. The van der Waals surface area contributed by atoms with Gasteiger partial charge in [-0.3, -0.25) is 14.5 Å². The Kier molecular flexibility index (Phi) is 6.28. The van der Waals surface area contributed by atoms with Crippen molar-refractivity contribution >= 4 is 11.9 Å². The van der Waals surface area contributed by atoms with Crippen molar-refractivity contribution in [3.8, 4) is 0 Å². The van der Waals surface area contributed by atoms with Crippen LogP contribution >= 0.6 is 0 Å². The molecule has 1 fully saturated rings. The maximum absolute atomic E-state index is 11.8. The van der Waals surface area contributed by atoms with Crippen molar-refractivity contribution in [3.05, 3.63) is 0 Å². The van der Waals surface area contributed by atoms with E-state index in [0.29, 0.717) is 31.3 Å². The van der Waals surface area contributed by atoms with Crippen LogP contribution in [-0.2, 0) is 9.59 Å². The van der Waals surface area contributed by atoms with Gasteiger partial charge in [0.25, 0.3) is 0 Å². The van der Waals surface area contributed by atoms with Crippen LogP contribution in [0.5, 0.6) is 0 Å². The molecule has 1 aliphatic rings. The average molecular weight is 270 g/mol. The summed E-state index contributed by atoms with van der Waals surface area (Å²) in [7, 11) is 0. The topological polar surface area (TPSA) is 69.6 Å². The Balaban J connectivity index is 2.40. The van der Waals surface area contributed by atoms with Gasteiger partial charge in [-0.25, -0.2) is 0 Å². The van der Waals surface area contributed by atoms with Crippen LogP contribution in [0.4, 0.5) is 0 Å². The third-order valence-electron chi connectivity index (χ3n) is 3.65. The van der Waals surface area contributed by atoms with Crippen molar-refractivity contribution in [3.63, 3.8) is 0 Å². The van der Waals surface area contributed by atoms with Crippen molar-refractivity contribution in [2.24, 2.45) is 11.8 Å². The van der Waals surface area contributed by atoms with Gasteiger partial charge in [-0.1, -0.05) is 20.8 Å². The molecule has 110 valence electrons. The van der Waals surface area contributed by atoms with Gasteiger partial charge in [-0.05, 0) is 37.6 Å². The monoisotopic (exact) mass is 270 g/mol. The number of carboxylic acid groups (broad SMARTS) is 1. The lowest BCUT2D eigenvalue weighted by atomic mass is 9.92. The summed E-state index contributed by atoms with van der Waals surface area (Å²) in [6.07, 6.45) is 2.54. The first-order valence-electron chi connectivity index (χ1n) is 7.13. The first-order valence-corrected chi connectivity index (χ1v) is 7.13. The molecule has 5 nitrogen and oxygen atoms in total. The zero-order valence-electron chi connectivity index (χ0n) is 12.2. The summed E-state index contributed by atoms with van der Waals surface area (Å²) >= 11 is 0. The first kappa shape index (κ1) is 16.0. The Hall–Kier alpha value is -1.10. The number of carbonyl (C=O) groups is 2. The van der Waals surface area contributed by atoms with E-state index < -0.39 is 12.0 Å². The minimum atomic E-state index is -0.818. The van der Waals surface area contributed by atoms with Crippen molar-refractivity contribution in [1.29, 1.82) is 0 Å². The Morgan fingerprint density at radius 2 is 2.11 bits per heavy atom. The minimum Gasteiger partial charge on any atom is -0.480 e. The molecular formula is C14H26N2O3. The highest BCUT2D eigenvalue weighted by Gasteiger charge is 2.32. The van der Waals surface area contributed by atoms with Gasteiger partial charge in [-0.15, -0.1) is 0 Å². The third-order valence-corrected chi connectivity index (χ3v) is 3.65. The number of nitrogens with zero attached hydrogens (tertiary/aromatic N) is 1. The third kappa shape index (κ3) is 5.59. The Labute approximate surface area is 115 Å². The Morgan fingerprint density at radius 3 is 2.68 bits per heavy atom. The molecule has 0 spiro atoms. The van der Waals surface area contributed by atoms with Crippen molar-refractivity contribution in [2.75, 3.05) is 19.6 Å². The highest BCUT2D eigenvalue weighted by Crippen LogP contribution is 2.22. The number of amides is 1. The predicted octanol–water partition coefficient (Wildman–Crippen LogP) is 1.33. The van der Waals surface area contributed by atoms with E-state index in [0.717, 1.165) is 12.8 Å². The van der Waals surface area contributed by atoms with E-state index in [2.05, 4.69) is 26.1 Å². The Bertz CT molecular complexity index is 318. The fraction of sp³-hybridized carbons (Fsp3) is 0.857. The number of carbonyl (C=O) groups excluding carboxylic acids is 1. The van der Waals surface area contributed by atoms with Crippen LogP contribution in [0.25, 0.3) is 0 Å². The van der Waals surface area contributed by atoms with E-state index >= 15 is 0 Å². The maximum atomic E-state index is 11.8. The maximum Gasteiger partial charge on any atom is 0.320 e. The van der Waals surface area contributed by atoms with Gasteiger partial charge in [0.2, 0.25) is 5.91 Å². The molecular weight excluding hydrogens is 244 g/mol. The number of piperidine rings is 1. The van der Waals surface area contributed by atoms with Crippen LogP contribution in [0.1, 0.15) is 40.0 Å². The second-order valence-electron chi connectivity index (χ2n) is 5.99. The highest BCUT2D eigenvalue weighted by molar-refractivity contribution is 5.80. The Morgan fingerprint density at radius 1 is 1.42 bits per heavy atom. The largest absolute Gasteiger partial charge is 0.480 e. The van der Waals surface area contributed by atoms with Crippen molar-refractivity contribution in [1.82, 2.24) is 10.2 Å². The van der Waals surface area contributed by atoms with Gasteiger partial charge in [0.15, 0.2) is 0 Å². The van der Waals surface area contributed by atoms with Gasteiger partial charge < -0.3 is 10.4 Å². The van der Waals surface area contributed by atoms with E-state index in [-0.39, 0.29) is 12.5 Å². The second kappa shape index (κ2) is 7.48. The smallest absolute Gasteiger partial charge is 0.320 e. The average Bonchev–Trinajstić information content (AvgIpc) is 2.30. The fourth-order valence-corrected chi connectivity index (χ4v) is 2.38. The van der Waals surface area contributed by atoms with Crippen LogP contribution in [0.3, 0.4) is 0 Å². The van der Waals surface area contributed by atoms with Crippen LogP contribution in [0.15, 0.2) is 0 Å². The molecule has 0 saturated carbocycles. The summed E-state index contributed by atoms with van der Waals surface area (Å²) in [6, 6.07) is -0.514. The molecule has 0 aromatic carbocycles. The zero-order valence-corrected chi connectivity index (χ0v) is 12.2. The SMILES string of the molecule is CC(C)CCNC(=O)CN1CCC(C)CC1C(=O)O. The van der Waals surface area contributed by atoms with E-state index in [1.165, 1.54) is 0 Å². The van der Waals surface area contributed by atoms with Gasteiger partial charge in [-0.2, -0.15) is 0 Å². The van der Waals surface area contributed by atoms with Crippen molar-refractivity contribution < 1.29 is 14.7 Å². The van der Waals surface area contributed by atoms with Crippen LogP contribution in [-0.4, -0.2) is 47.6 Å². The standard InChI is InChI=1S/C14H26N2O3/c1-10(2)4-6-15-13(17)9-16-7-5-11(3)8-12(16)14(18)19/h10-12H,4-9H2,1-3H3,(H,15,17)(H,18,19).